The molecule has 1 saturated carbocycles. The highest BCUT2D eigenvalue weighted by molar-refractivity contribution is 6.32. The van der Waals surface area contributed by atoms with Crippen molar-refractivity contribution in [3.8, 4) is 22.9 Å². The summed E-state index contributed by atoms with van der Waals surface area (Å²) in [6.45, 7) is 3.06. The normalized spacial score (nSPS) is 15.6. The highest BCUT2D eigenvalue weighted by atomic mass is 35.5. The molecule has 1 spiro atoms. The van der Waals surface area contributed by atoms with Gasteiger partial charge in [-0.1, -0.05) is 17.7 Å². The number of H-pyrrole nitrogens is 1. The number of nitrogens with zero attached hydrogens (tertiary/aromatic N) is 2. The number of aromatic amines is 1. The fourth-order valence-electron chi connectivity index (χ4n) is 4.84. The lowest BCUT2D eigenvalue weighted by Crippen LogP contribution is -2.39. The van der Waals surface area contributed by atoms with Crippen molar-refractivity contribution in [2.75, 3.05) is 25.6 Å². The smallest absolute Gasteiger partial charge is 0.255 e. The summed E-state index contributed by atoms with van der Waals surface area (Å²) >= 11 is 6.39. The van der Waals surface area contributed by atoms with Crippen molar-refractivity contribution in [3.63, 3.8) is 0 Å². The van der Waals surface area contributed by atoms with E-state index in [4.69, 9.17) is 26.1 Å². The van der Waals surface area contributed by atoms with Gasteiger partial charge >= 0.3 is 0 Å². The Kier molecular flexibility index (Phi) is 5.07. The minimum Gasteiger partial charge on any atom is -0.493 e. The largest absolute Gasteiger partial charge is 0.493 e. The molecule has 0 radical (unpaired) electrons. The quantitative estimate of drug-likeness (QED) is 0.344. The molecule has 178 valence electrons. The summed E-state index contributed by atoms with van der Waals surface area (Å²) in [6, 6.07) is 11.1. The summed E-state index contributed by atoms with van der Waals surface area (Å²) in [5.41, 5.74) is 5.80. The Morgan fingerprint density at radius 1 is 1.20 bits per heavy atom. The molecule has 0 saturated heterocycles. The number of hydrogen-bond acceptors (Lipinski definition) is 6. The minimum atomic E-state index is -0.121. The summed E-state index contributed by atoms with van der Waals surface area (Å²) in [4.78, 5) is 26.0. The number of amides is 1. The van der Waals surface area contributed by atoms with Crippen LogP contribution < -0.4 is 20.1 Å². The van der Waals surface area contributed by atoms with Crippen LogP contribution >= 0.6 is 11.6 Å². The van der Waals surface area contributed by atoms with E-state index in [2.05, 4.69) is 20.6 Å². The number of benzene rings is 1. The molecule has 4 heterocycles. The lowest BCUT2D eigenvalue weighted by atomic mass is 9.93. The number of methoxy groups -OCH3 is 1. The number of anilines is 2. The van der Waals surface area contributed by atoms with Gasteiger partial charge in [0, 0.05) is 35.5 Å². The summed E-state index contributed by atoms with van der Waals surface area (Å²) in [5.74, 6) is 0.904. The van der Waals surface area contributed by atoms with Crippen LogP contribution in [0.4, 0.5) is 11.4 Å². The van der Waals surface area contributed by atoms with E-state index in [1.165, 1.54) is 0 Å². The summed E-state index contributed by atoms with van der Waals surface area (Å²) in [6.07, 6.45) is 3.78. The fourth-order valence-corrected chi connectivity index (χ4v) is 5.09. The summed E-state index contributed by atoms with van der Waals surface area (Å²) < 4.78 is 11.2. The minimum absolute atomic E-state index is 0.0664. The van der Waals surface area contributed by atoms with Crippen LogP contribution in [0.15, 0.2) is 42.6 Å². The van der Waals surface area contributed by atoms with Gasteiger partial charge in [0.2, 0.25) is 5.88 Å². The van der Waals surface area contributed by atoms with Gasteiger partial charge in [-0.25, -0.2) is 4.98 Å². The second kappa shape index (κ2) is 8.16. The Morgan fingerprint density at radius 2 is 2.06 bits per heavy atom. The van der Waals surface area contributed by atoms with Gasteiger partial charge in [0.1, 0.15) is 5.52 Å². The molecular weight excluding hydrogens is 466 g/mol. The Morgan fingerprint density at radius 3 is 2.83 bits per heavy atom. The molecule has 1 aromatic carbocycles. The maximum Gasteiger partial charge on any atom is 0.255 e. The topological polar surface area (TPSA) is 101 Å². The molecule has 8 nitrogen and oxygen atoms in total. The van der Waals surface area contributed by atoms with Crippen LogP contribution in [-0.2, 0) is 5.41 Å². The molecule has 0 unspecified atom stereocenters. The molecule has 4 aromatic rings. The Labute approximate surface area is 207 Å². The molecule has 1 amide bonds. The Bertz CT molecular complexity index is 1480. The lowest BCUT2D eigenvalue weighted by Gasteiger charge is -2.23. The van der Waals surface area contributed by atoms with Crippen LogP contribution in [0.25, 0.3) is 22.3 Å². The van der Waals surface area contributed by atoms with E-state index in [0.717, 1.165) is 35.3 Å². The molecule has 0 atom stereocenters. The second-order valence-electron chi connectivity index (χ2n) is 8.84. The second-order valence-corrected chi connectivity index (χ2v) is 9.25. The van der Waals surface area contributed by atoms with Crippen molar-refractivity contribution in [1.29, 1.82) is 0 Å². The molecule has 6 rings (SSSR count). The molecule has 3 aromatic heterocycles. The number of pyridine rings is 2. The zero-order chi connectivity index (χ0) is 24.2. The van der Waals surface area contributed by atoms with E-state index in [0.29, 0.717) is 52.3 Å². The number of aromatic nitrogens is 3. The van der Waals surface area contributed by atoms with Crippen molar-refractivity contribution < 1.29 is 14.3 Å². The Hall–Kier alpha value is -3.78. The van der Waals surface area contributed by atoms with E-state index in [1.807, 2.05) is 37.3 Å². The Balaban J connectivity index is 1.60. The highest BCUT2D eigenvalue weighted by Crippen LogP contribution is 2.54. The standard InChI is InChI=1S/C26H24ClN5O3/c1-3-35-18-8-7-16-20(31-18)14(9-12-28-16)21-22(30-17-6-4-5-15(27)23(17)34-2)19-24(32-21)26(10-11-26)13-29-25(19)33/h4-9,12,30,32H,3,10-11,13H2,1-2H3,(H,29,33). The highest BCUT2D eigenvalue weighted by Gasteiger charge is 2.51. The number of carbonyl (C=O) groups excluding carboxylic acids is 1. The number of carbonyl (C=O) groups is 1. The fraction of sp³-hybridized carbons (Fsp3) is 0.269. The molecular formula is C26H24ClN5O3. The van der Waals surface area contributed by atoms with Crippen LogP contribution in [0.2, 0.25) is 5.02 Å². The first-order chi connectivity index (χ1) is 17.0. The predicted octanol–water partition coefficient (Wildman–Crippen LogP) is 5.20. The number of para-hydroxylation sites is 1. The third-order valence-corrected chi connectivity index (χ3v) is 7.05. The monoisotopic (exact) mass is 489 g/mol. The van der Waals surface area contributed by atoms with Crippen molar-refractivity contribution >= 4 is 39.9 Å². The van der Waals surface area contributed by atoms with E-state index >= 15 is 0 Å². The SMILES string of the molecule is CCOc1ccc2nccc(-c3[nH]c4c(c3Nc3cccc(Cl)c3OC)C(=O)NCC43CC3)c2n1. The maximum atomic E-state index is 13.2. The van der Waals surface area contributed by atoms with E-state index in [9.17, 15) is 4.79 Å². The number of nitrogens with one attached hydrogen (secondary N) is 3. The van der Waals surface area contributed by atoms with Crippen molar-refractivity contribution in [3.05, 3.63) is 58.9 Å². The molecule has 1 aliphatic heterocycles. The van der Waals surface area contributed by atoms with Crippen molar-refractivity contribution in [2.24, 2.45) is 0 Å². The lowest BCUT2D eigenvalue weighted by molar-refractivity contribution is 0.0938. The van der Waals surface area contributed by atoms with E-state index < -0.39 is 0 Å². The van der Waals surface area contributed by atoms with Gasteiger partial charge in [-0.3, -0.25) is 9.78 Å². The molecule has 9 heteroatoms. The van der Waals surface area contributed by atoms with Crippen molar-refractivity contribution in [2.45, 2.75) is 25.2 Å². The number of rotatable bonds is 6. The zero-order valence-electron chi connectivity index (χ0n) is 19.4. The van der Waals surface area contributed by atoms with Crippen LogP contribution in [0.1, 0.15) is 35.8 Å². The average Bonchev–Trinajstić information content (AvgIpc) is 3.54. The first-order valence-electron chi connectivity index (χ1n) is 11.6. The van der Waals surface area contributed by atoms with Crippen molar-refractivity contribution in [1.82, 2.24) is 20.3 Å². The van der Waals surface area contributed by atoms with Gasteiger partial charge in [0.15, 0.2) is 5.75 Å². The van der Waals surface area contributed by atoms with Gasteiger partial charge in [-0.2, -0.15) is 0 Å². The van der Waals surface area contributed by atoms with Crippen LogP contribution in [0, 0.1) is 0 Å². The van der Waals surface area contributed by atoms with Gasteiger partial charge in [0.05, 0.1) is 46.9 Å². The van der Waals surface area contributed by atoms with Crippen LogP contribution in [-0.4, -0.2) is 41.1 Å². The van der Waals surface area contributed by atoms with Gasteiger partial charge in [0.25, 0.3) is 5.91 Å². The molecule has 1 fully saturated rings. The molecule has 0 bridgehead atoms. The van der Waals surface area contributed by atoms with Gasteiger partial charge < -0.3 is 25.1 Å². The number of fused-ring (bicyclic) bond motifs is 3. The average molecular weight is 490 g/mol. The van der Waals surface area contributed by atoms with Crippen LogP contribution in [0.5, 0.6) is 11.6 Å². The molecule has 35 heavy (non-hydrogen) atoms. The first-order valence-corrected chi connectivity index (χ1v) is 12.0. The summed E-state index contributed by atoms with van der Waals surface area (Å²) in [5, 5.41) is 7.02. The molecule has 2 aliphatic rings. The number of hydrogen-bond donors (Lipinski definition) is 3. The molecule has 1 aliphatic carbocycles. The predicted molar refractivity (Wildman–Crippen MR) is 135 cm³/mol. The zero-order valence-corrected chi connectivity index (χ0v) is 20.1. The summed E-state index contributed by atoms with van der Waals surface area (Å²) in [7, 11) is 1.57. The van der Waals surface area contributed by atoms with Gasteiger partial charge in [-0.05, 0) is 44.0 Å². The number of halogens is 1. The van der Waals surface area contributed by atoms with E-state index in [-0.39, 0.29) is 11.3 Å². The first kappa shape index (κ1) is 21.7. The number of ether oxygens (including phenoxy) is 2. The molecule has 3 N–H and O–H groups in total. The third-order valence-electron chi connectivity index (χ3n) is 6.75. The third kappa shape index (κ3) is 3.47. The maximum absolute atomic E-state index is 13.2. The van der Waals surface area contributed by atoms with Gasteiger partial charge in [-0.15, -0.1) is 0 Å². The van der Waals surface area contributed by atoms with Crippen LogP contribution in [0.3, 0.4) is 0 Å². The van der Waals surface area contributed by atoms with E-state index in [1.54, 1.807) is 19.4 Å².